The van der Waals surface area contributed by atoms with Crippen molar-refractivity contribution in [3.05, 3.63) is 30.0 Å². The summed E-state index contributed by atoms with van der Waals surface area (Å²) < 4.78 is 44.9. The fourth-order valence-electron chi connectivity index (χ4n) is 2.05. The van der Waals surface area contributed by atoms with Gasteiger partial charge in [0, 0.05) is 5.92 Å². The van der Waals surface area contributed by atoms with Crippen LogP contribution in [0.15, 0.2) is 28.0 Å². The van der Waals surface area contributed by atoms with Crippen molar-refractivity contribution in [1.82, 2.24) is 29.9 Å². The number of alkyl halides is 3. The van der Waals surface area contributed by atoms with E-state index in [1.807, 2.05) is 13.8 Å². The molecule has 7 nitrogen and oxygen atoms in total. The van der Waals surface area contributed by atoms with Gasteiger partial charge in [-0.1, -0.05) is 25.6 Å². The molecule has 11 heteroatoms. The Balaban J connectivity index is 1.82. The third-order valence-electron chi connectivity index (χ3n) is 3.16. The minimum atomic E-state index is -4.39. The Bertz CT molecular complexity index is 824. The minimum Gasteiger partial charge on any atom is -0.457 e. The summed E-state index contributed by atoms with van der Waals surface area (Å²) in [6.07, 6.45) is -3.00. The summed E-state index contributed by atoms with van der Waals surface area (Å²) in [6, 6.07) is 3.29. The summed E-state index contributed by atoms with van der Waals surface area (Å²) in [5.74, 6) is 1.61. The first-order chi connectivity index (χ1) is 11.8. The van der Waals surface area contributed by atoms with Crippen molar-refractivity contribution >= 4 is 11.8 Å². The Morgan fingerprint density at radius 2 is 2.12 bits per heavy atom. The van der Waals surface area contributed by atoms with E-state index < -0.39 is 12.7 Å². The molecule has 0 unspecified atom stereocenters. The van der Waals surface area contributed by atoms with Gasteiger partial charge in [-0.15, -0.1) is 0 Å². The van der Waals surface area contributed by atoms with Crippen molar-refractivity contribution in [2.24, 2.45) is 0 Å². The van der Waals surface area contributed by atoms with E-state index in [1.165, 1.54) is 18.1 Å². The molecule has 0 amide bonds. The quantitative estimate of drug-likeness (QED) is 0.665. The highest BCUT2D eigenvalue weighted by atomic mass is 32.2. The molecule has 0 aliphatic rings. The van der Waals surface area contributed by atoms with Crippen LogP contribution in [-0.4, -0.2) is 36.1 Å². The van der Waals surface area contributed by atoms with Gasteiger partial charge in [-0.25, -0.2) is 14.6 Å². The molecule has 0 spiro atoms. The van der Waals surface area contributed by atoms with Crippen molar-refractivity contribution in [2.45, 2.75) is 43.4 Å². The van der Waals surface area contributed by atoms with Gasteiger partial charge in [0.2, 0.25) is 0 Å². The normalized spacial score (nSPS) is 12.2. The number of nitrogens with one attached hydrogen (secondary N) is 1. The van der Waals surface area contributed by atoms with Gasteiger partial charge in [-0.3, -0.25) is 5.10 Å². The fraction of sp³-hybridized carbons (Fsp3) is 0.429. The lowest BCUT2D eigenvalue weighted by molar-refractivity contribution is -0.142. The number of nitrogens with zero attached hydrogens (tertiary/aromatic N) is 5. The average molecular weight is 372 g/mol. The number of hydrogen-bond acceptors (Lipinski definition) is 6. The second kappa shape index (κ2) is 6.90. The van der Waals surface area contributed by atoms with Gasteiger partial charge in [0.05, 0.1) is 5.75 Å². The Morgan fingerprint density at radius 1 is 1.32 bits per heavy atom. The van der Waals surface area contributed by atoms with E-state index in [-0.39, 0.29) is 17.5 Å². The predicted molar refractivity (Wildman–Crippen MR) is 83.8 cm³/mol. The van der Waals surface area contributed by atoms with Gasteiger partial charge < -0.3 is 4.42 Å². The molecule has 0 aliphatic carbocycles. The molecule has 0 saturated heterocycles. The second-order valence-electron chi connectivity index (χ2n) is 5.57. The highest BCUT2D eigenvalue weighted by Crippen LogP contribution is 2.28. The van der Waals surface area contributed by atoms with Crippen LogP contribution in [0.2, 0.25) is 0 Å². The molecule has 0 atom stereocenters. The van der Waals surface area contributed by atoms with Gasteiger partial charge in [-0.05, 0) is 12.1 Å². The number of H-pyrrole nitrogens is 1. The monoisotopic (exact) mass is 372 g/mol. The predicted octanol–water partition coefficient (Wildman–Crippen LogP) is 3.63. The van der Waals surface area contributed by atoms with Crippen LogP contribution < -0.4 is 0 Å². The summed E-state index contributed by atoms with van der Waals surface area (Å²) in [5, 5.41) is 11.0. The van der Waals surface area contributed by atoms with Crippen molar-refractivity contribution in [3.8, 4) is 11.6 Å². The van der Waals surface area contributed by atoms with Crippen LogP contribution in [0.25, 0.3) is 11.6 Å². The molecule has 134 valence electrons. The molecule has 0 aromatic carbocycles. The maximum atomic E-state index is 12.8. The number of aromatic nitrogens is 6. The number of aromatic amines is 1. The maximum absolute atomic E-state index is 12.8. The largest absolute Gasteiger partial charge is 0.457 e. The third-order valence-corrected chi connectivity index (χ3v) is 4.06. The zero-order valence-corrected chi connectivity index (χ0v) is 14.2. The number of thioether (sulfide) groups is 1. The number of hydrogen-bond donors (Lipinski definition) is 1. The first kappa shape index (κ1) is 17.5. The summed E-state index contributed by atoms with van der Waals surface area (Å²) in [7, 11) is 0. The van der Waals surface area contributed by atoms with Crippen LogP contribution in [0, 0.1) is 0 Å². The number of furan rings is 1. The van der Waals surface area contributed by atoms with Crippen LogP contribution in [0.1, 0.15) is 31.4 Å². The van der Waals surface area contributed by atoms with Crippen molar-refractivity contribution < 1.29 is 17.6 Å². The maximum Gasteiger partial charge on any atom is 0.408 e. The Kier molecular flexibility index (Phi) is 4.84. The van der Waals surface area contributed by atoms with Crippen molar-refractivity contribution in [2.75, 3.05) is 0 Å². The Morgan fingerprint density at radius 3 is 2.76 bits per heavy atom. The molecule has 25 heavy (non-hydrogen) atoms. The molecule has 0 saturated carbocycles. The lowest BCUT2D eigenvalue weighted by atomic mass is 10.2. The fourth-order valence-corrected chi connectivity index (χ4v) is 2.72. The third kappa shape index (κ3) is 4.41. The van der Waals surface area contributed by atoms with Gasteiger partial charge in [-0.2, -0.15) is 23.4 Å². The van der Waals surface area contributed by atoms with Crippen LogP contribution in [0.3, 0.4) is 0 Å². The highest BCUT2D eigenvalue weighted by molar-refractivity contribution is 7.98. The number of rotatable bonds is 6. The first-order valence-corrected chi connectivity index (χ1v) is 8.39. The zero-order valence-electron chi connectivity index (χ0n) is 13.4. The van der Waals surface area contributed by atoms with Gasteiger partial charge in [0.15, 0.2) is 22.6 Å². The zero-order chi connectivity index (χ0) is 18.0. The SMILES string of the molecule is CC(C)c1nc(-c2ccc(CSc3ncn[nH]3)o2)n(CC(F)(F)F)n1. The molecule has 3 aromatic rings. The lowest BCUT2D eigenvalue weighted by Gasteiger charge is -2.07. The summed E-state index contributed by atoms with van der Waals surface area (Å²) in [4.78, 5) is 8.19. The molecule has 3 heterocycles. The lowest BCUT2D eigenvalue weighted by Crippen LogP contribution is -2.19. The average Bonchev–Trinajstić information content (AvgIpc) is 3.24. The van der Waals surface area contributed by atoms with E-state index in [0.29, 0.717) is 22.5 Å². The van der Waals surface area contributed by atoms with Crippen LogP contribution >= 0.6 is 11.8 Å². The van der Waals surface area contributed by atoms with Crippen LogP contribution in [0.5, 0.6) is 0 Å². The molecule has 1 N–H and O–H groups in total. The molecule has 3 aromatic heterocycles. The van der Waals surface area contributed by atoms with Crippen molar-refractivity contribution in [3.63, 3.8) is 0 Å². The second-order valence-corrected chi connectivity index (χ2v) is 6.53. The molecule has 0 radical (unpaired) electrons. The molecule has 0 fully saturated rings. The van der Waals surface area contributed by atoms with E-state index in [9.17, 15) is 13.2 Å². The Labute approximate surface area is 145 Å². The van der Waals surface area contributed by atoms with E-state index in [2.05, 4.69) is 25.3 Å². The Hall–Kier alpha value is -2.30. The van der Waals surface area contributed by atoms with Gasteiger partial charge in [0.1, 0.15) is 18.6 Å². The standard InChI is InChI=1S/C14H15F3N6OS/c1-8(2)11-20-12(23(22-11)6-14(15,16)17)10-4-3-9(24-10)5-25-13-18-7-19-21-13/h3-4,7-8H,5-6H2,1-2H3,(H,18,19,21). The van der Waals surface area contributed by atoms with E-state index in [4.69, 9.17) is 4.42 Å². The first-order valence-electron chi connectivity index (χ1n) is 7.40. The van der Waals surface area contributed by atoms with E-state index >= 15 is 0 Å². The topological polar surface area (TPSA) is 85.4 Å². The molecular weight excluding hydrogens is 357 g/mol. The minimum absolute atomic E-state index is 0.0666. The van der Waals surface area contributed by atoms with Gasteiger partial charge >= 0.3 is 6.18 Å². The molecule has 0 aliphatic heterocycles. The molecule has 0 bridgehead atoms. The van der Waals surface area contributed by atoms with Gasteiger partial charge in [0.25, 0.3) is 0 Å². The number of halogens is 3. The van der Waals surface area contributed by atoms with E-state index in [0.717, 1.165) is 4.68 Å². The highest BCUT2D eigenvalue weighted by Gasteiger charge is 2.31. The van der Waals surface area contributed by atoms with E-state index in [1.54, 1.807) is 12.1 Å². The summed E-state index contributed by atoms with van der Waals surface area (Å²) in [5.41, 5.74) is 0. The van der Waals surface area contributed by atoms with Crippen molar-refractivity contribution in [1.29, 1.82) is 0 Å². The summed E-state index contributed by atoms with van der Waals surface area (Å²) >= 11 is 1.37. The summed E-state index contributed by atoms with van der Waals surface area (Å²) in [6.45, 7) is 2.42. The van der Waals surface area contributed by atoms with Crippen LogP contribution in [0.4, 0.5) is 13.2 Å². The molecular formula is C14H15F3N6OS. The van der Waals surface area contributed by atoms with Crippen LogP contribution in [-0.2, 0) is 12.3 Å². The molecule has 3 rings (SSSR count). The smallest absolute Gasteiger partial charge is 0.408 e.